The number of rotatable bonds is 2. The summed E-state index contributed by atoms with van der Waals surface area (Å²) < 4.78 is 0. The van der Waals surface area contributed by atoms with Gasteiger partial charge in [0.05, 0.1) is 0 Å². The molecule has 0 aromatic carbocycles. The molecule has 0 saturated heterocycles. The SMILES string of the molecule is CC(=O)NC1=CCCC(C(C)C)=C1. The van der Waals surface area contributed by atoms with Gasteiger partial charge in [-0.2, -0.15) is 0 Å². The van der Waals surface area contributed by atoms with Gasteiger partial charge in [0.15, 0.2) is 0 Å². The van der Waals surface area contributed by atoms with E-state index in [9.17, 15) is 4.79 Å². The molecule has 13 heavy (non-hydrogen) atoms. The molecule has 0 aromatic rings. The fourth-order valence-electron chi connectivity index (χ4n) is 1.47. The summed E-state index contributed by atoms with van der Waals surface area (Å²) in [4.78, 5) is 10.8. The minimum Gasteiger partial charge on any atom is -0.327 e. The number of carbonyl (C=O) groups excluding carboxylic acids is 1. The van der Waals surface area contributed by atoms with E-state index in [0.717, 1.165) is 18.5 Å². The van der Waals surface area contributed by atoms with E-state index in [4.69, 9.17) is 0 Å². The lowest BCUT2D eigenvalue weighted by Gasteiger charge is -2.16. The first kappa shape index (κ1) is 10.0. The van der Waals surface area contributed by atoms with Crippen molar-refractivity contribution in [2.45, 2.75) is 33.6 Å². The number of carbonyl (C=O) groups is 1. The van der Waals surface area contributed by atoms with Gasteiger partial charge in [0.25, 0.3) is 0 Å². The zero-order chi connectivity index (χ0) is 9.84. The molecule has 1 aliphatic carbocycles. The van der Waals surface area contributed by atoms with Gasteiger partial charge >= 0.3 is 0 Å². The summed E-state index contributed by atoms with van der Waals surface area (Å²) >= 11 is 0. The number of allylic oxidation sites excluding steroid dienone is 3. The highest BCUT2D eigenvalue weighted by molar-refractivity contribution is 5.75. The third-order valence-electron chi connectivity index (χ3n) is 2.20. The van der Waals surface area contributed by atoms with Gasteiger partial charge in [-0.05, 0) is 24.8 Å². The topological polar surface area (TPSA) is 29.1 Å². The lowest BCUT2D eigenvalue weighted by molar-refractivity contribution is -0.118. The maximum absolute atomic E-state index is 10.8. The van der Waals surface area contributed by atoms with Crippen LogP contribution in [0.4, 0.5) is 0 Å². The molecule has 0 aromatic heterocycles. The van der Waals surface area contributed by atoms with Crippen molar-refractivity contribution >= 4 is 5.91 Å². The van der Waals surface area contributed by atoms with E-state index in [2.05, 4.69) is 31.3 Å². The summed E-state index contributed by atoms with van der Waals surface area (Å²) in [6.45, 7) is 5.91. The van der Waals surface area contributed by atoms with Crippen LogP contribution >= 0.6 is 0 Å². The molecule has 0 aliphatic heterocycles. The van der Waals surface area contributed by atoms with E-state index < -0.39 is 0 Å². The highest BCUT2D eigenvalue weighted by atomic mass is 16.1. The van der Waals surface area contributed by atoms with Crippen LogP contribution in [0.1, 0.15) is 33.6 Å². The van der Waals surface area contributed by atoms with Crippen LogP contribution in [-0.4, -0.2) is 5.91 Å². The van der Waals surface area contributed by atoms with Crippen LogP contribution in [-0.2, 0) is 4.79 Å². The molecular weight excluding hydrogens is 162 g/mol. The maximum atomic E-state index is 10.8. The highest BCUT2D eigenvalue weighted by Crippen LogP contribution is 2.22. The summed E-state index contributed by atoms with van der Waals surface area (Å²) in [5.74, 6) is 0.588. The average molecular weight is 179 g/mol. The summed E-state index contributed by atoms with van der Waals surface area (Å²) in [5.41, 5.74) is 2.38. The molecule has 1 amide bonds. The molecule has 2 heteroatoms. The van der Waals surface area contributed by atoms with Crippen molar-refractivity contribution < 1.29 is 4.79 Å². The molecule has 0 unspecified atom stereocenters. The Hall–Kier alpha value is -1.05. The molecule has 1 aliphatic rings. The van der Waals surface area contributed by atoms with E-state index in [1.807, 2.05) is 0 Å². The average Bonchev–Trinajstić information content (AvgIpc) is 2.03. The maximum Gasteiger partial charge on any atom is 0.221 e. The molecule has 0 saturated carbocycles. The Morgan fingerprint density at radius 2 is 2.23 bits per heavy atom. The number of hydrogen-bond donors (Lipinski definition) is 1. The first-order valence-electron chi connectivity index (χ1n) is 4.78. The monoisotopic (exact) mass is 179 g/mol. The van der Waals surface area contributed by atoms with Gasteiger partial charge < -0.3 is 5.32 Å². The van der Waals surface area contributed by atoms with Crippen LogP contribution in [0, 0.1) is 5.92 Å². The Morgan fingerprint density at radius 3 is 2.77 bits per heavy atom. The first-order valence-corrected chi connectivity index (χ1v) is 4.78. The second kappa shape index (κ2) is 4.26. The number of amides is 1. The van der Waals surface area contributed by atoms with Crippen molar-refractivity contribution in [1.82, 2.24) is 5.32 Å². The van der Waals surface area contributed by atoms with E-state index >= 15 is 0 Å². The first-order chi connectivity index (χ1) is 6.09. The molecular formula is C11H17NO. The predicted octanol–water partition coefficient (Wildman–Crippen LogP) is 2.38. The Balaban J connectivity index is 2.67. The predicted molar refractivity (Wildman–Crippen MR) is 54.1 cm³/mol. The summed E-state index contributed by atoms with van der Waals surface area (Å²) in [7, 11) is 0. The molecule has 2 nitrogen and oxygen atoms in total. The van der Waals surface area contributed by atoms with Crippen molar-refractivity contribution in [3.8, 4) is 0 Å². The second-order valence-corrected chi connectivity index (χ2v) is 3.75. The molecule has 1 rings (SSSR count). The fourth-order valence-corrected chi connectivity index (χ4v) is 1.47. The Bertz CT molecular complexity index is 261. The minimum atomic E-state index is 0.00695. The summed E-state index contributed by atoms with van der Waals surface area (Å²) in [6, 6.07) is 0. The third kappa shape index (κ3) is 3.05. The van der Waals surface area contributed by atoms with E-state index in [1.165, 1.54) is 5.57 Å². The molecule has 0 atom stereocenters. The zero-order valence-electron chi connectivity index (χ0n) is 8.55. The standard InChI is InChI=1S/C11H17NO/c1-8(2)10-5-4-6-11(7-10)12-9(3)13/h6-8H,4-5H2,1-3H3,(H,12,13). The quantitative estimate of drug-likeness (QED) is 0.692. The van der Waals surface area contributed by atoms with Gasteiger partial charge in [0, 0.05) is 12.6 Å². The number of nitrogens with one attached hydrogen (secondary N) is 1. The van der Waals surface area contributed by atoms with Crippen LogP contribution < -0.4 is 5.32 Å². The van der Waals surface area contributed by atoms with Gasteiger partial charge in [-0.1, -0.05) is 25.5 Å². The molecule has 0 radical (unpaired) electrons. The third-order valence-corrected chi connectivity index (χ3v) is 2.20. The summed E-state index contributed by atoms with van der Waals surface area (Å²) in [5, 5.41) is 2.81. The Morgan fingerprint density at radius 1 is 1.54 bits per heavy atom. The Labute approximate surface area is 79.7 Å². The summed E-state index contributed by atoms with van der Waals surface area (Å²) in [6.07, 6.45) is 6.34. The van der Waals surface area contributed by atoms with Gasteiger partial charge in [0.1, 0.15) is 0 Å². The fraction of sp³-hybridized carbons (Fsp3) is 0.545. The van der Waals surface area contributed by atoms with Crippen LogP contribution in [0.15, 0.2) is 23.4 Å². The van der Waals surface area contributed by atoms with Crippen LogP contribution in [0.5, 0.6) is 0 Å². The number of hydrogen-bond acceptors (Lipinski definition) is 1. The van der Waals surface area contributed by atoms with Gasteiger partial charge in [0.2, 0.25) is 5.91 Å². The van der Waals surface area contributed by atoms with Gasteiger partial charge in [-0.15, -0.1) is 0 Å². The van der Waals surface area contributed by atoms with Crippen LogP contribution in [0.3, 0.4) is 0 Å². The van der Waals surface area contributed by atoms with Crippen molar-refractivity contribution in [3.63, 3.8) is 0 Å². The van der Waals surface area contributed by atoms with E-state index in [0.29, 0.717) is 5.92 Å². The van der Waals surface area contributed by atoms with Gasteiger partial charge in [-0.25, -0.2) is 0 Å². The zero-order valence-corrected chi connectivity index (χ0v) is 8.55. The molecule has 0 spiro atoms. The molecule has 1 N–H and O–H groups in total. The van der Waals surface area contributed by atoms with Crippen LogP contribution in [0.2, 0.25) is 0 Å². The largest absolute Gasteiger partial charge is 0.327 e. The highest BCUT2D eigenvalue weighted by Gasteiger charge is 2.08. The molecule has 72 valence electrons. The van der Waals surface area contributed by atoms with Crippen LogP contribution in [0.25, 0.3) is 0 Å². The lowest BCUT2D eigenvalue weighted by atomic mass is 9.94. The minimum absolute atomic E-state index is 0.00695. The van der Waals surface area contributed by atoms with Crippen molar-refractivity contribution in [2.24, 2.45) is 5.92 Å². The second-order valence-electron chi connectivity index (χ2n) is 3.75. The lowest BCUT2D eigenvalue weighted by Crippen LogP contribution is -2.19. The normalized spacial score (nSPS) is 16.6. The van der Waals surface area contributed by atoms with Crippen molar-refractivity contribution in [1.29, 1.82) is 0 Å². The molecule has 0 heterocycles. The Kier molecular flexibility index (Phi) is 3.29. The van der Waals surface area contributed by atoms with E-state index in [-0.39, 0.29) is 5.91 Å². The molecule has 0 fully saturated rings. The van der Waals surface area contributed by atoms with Gasteiger partial charge in [-0.3, -0.25) is 4.79 Å². The smallest absolute Gasteiger partial charge is 0.221 e. The molecule has 0 bridgehead atoms. The van der Waals surface area contributed by atoms with Crippen molar-refractivity contribution in [3.05, 3.63) is 23.4 Å². The van der Waals surface area contributed by atoms with Crippen molar-refractivity contribution in [2.75, 3.05) is 0 Å². The van der Waals surface area contributed by atoms with E-state index in [1.54, 1.807) is 6.92 Å².